The third-order valence-electron chi connectivity index (χ3n) is 4.62. The summed E-state index contributed by atoms with van der Waals surface area (Å²) in [5.41, 5.74) is 5.10. The lowest BCUT2D eigenvalue weighted by atomic mass is 10.1. The van der Waals surface area contributed by atoms with E-state index in [0.717, 1.165) is 32.2 Å². The van der Waals surface area contributed by atoms with Crippen molar-refractivity contribution in [1.82, 2.24) is 15.5 Å². The number of fused-ring (bicyclic) bond motifs is 1. The number of aromatic hydroxyl groups is 1. The van der Waals surface area contributed by atoms with Gasteiger partial charge in [-0.15, -0.1) is 0 Å². The Bertz CT molecular complexity index is 666. The van der Waals surface area contributed by atoms with Crippen molar-refractivity contribution in [1.29, 1.82) is 0 Å². The number of nitrogens with one attached hydrogen (secondary N) is 2. The molecule has 3 rings (SSSR count). The van der Waals surface area contributed by atoms with Gasteiger partial charge in [0, 0.05) is 18.3 Å². The summed E-state index contributed by atoms with van der Waals surface area (Å²) in [5, 5.41) is 20.8. The van der Waals surface area contributed by atoms with Crippen LogP contribution in [0.25, 0.3) is 0 Å². The number of aromatic amines is 1. The zero-order valence-electron chi connectivity index (χ0n) is 13.9. The molecule has 0 bridgehead atoms. The first-order valence-electron chi connectivity index (χ1n) is 8.31. The molecule has 0 aliphatic heterocycles. The van der Waals surface area contributed by atoms with Gasteiger partial charge in [0.25, 0.3) is 0 Å². The first-order chi connectivity index (χ1) is 11.2. The Hall–Kier alpha value is -2.01. The van der Waals surface area contributed by atoms with Crippen molar-refractivity contribution in [3.8, 4) is 11.5 Å². The largest absolute Gasteiger partial charge is 0.504 e. The molecule has 0 amide bonds. The number of nitrogens with zero attached hydrogens (tertiary/aromatic N) is 1. The lowest BCUT2D eigenvalue weighted by Gasteiger charge is -2.14. The second-order valence-corrected chi connectivity index (χ2v) is 6.31. The highest BCUT2D eigenvalue weighted by Crippen LogP contribution is 2.27. The Morgan fingerprint density at radius 2 is 2.26 bits per heavy atom. The minimum absolute atomic E-state index is 0.190. The van der Waals surface area contributed by atoms with Gasteiger partial charge in [0.15, 0.2) is 11.5 Å². The van der Waals surface area contributed by atoms with Crippen molar-refractivity contribution >= 4 is 0 Å². The predicted octanol–water partition coefficient (Wildman–Crippen LogP) is 2.72. The third kappa shape index (κ3) is 3.67. The third-order valence-corrected chi connectivity index (χ3v) is 4.62. The lowest BCUT2D eigenvalue weighted by molar-refractivity contribution is 0.372. The number of rotatable bonds is 7. The second-order valence-electron chi connectivity index (χ2n) is 6.31. The molecule has 1 unspecified atom stereocenters. The fourth-order valence-electron chi connectivity index (χ4n) is 3.17. The number of ether oxygens (including phenoxy) is 1. The number of benzene rings is 1. The van der Waals surface area contributed by atoms with Crippen LogP contribution in [0.1, 0.15) is 42.3 Å². The molecule has 1 aromatic heterocycles. The van der Waals surface area contributed by atoms with Crippen LogP contribution in [0.3, 0.4) is 0 Å². The molecule has 2 aromatic rings. The summed E-state index contributed by atoms with van der Waals surface area (Å²) in [6.45, 7) is 3.02. The summed E-state index contributed by atoms with van der Waals surface area (Å²) in [6, 6.07) is 5.95. The molecular formula is C18H25N3O2. The highest BCUT2D eigenvalue weighted by molar-refractivity contribution is 5.41. The van der Waals surface area contributed by atoms with Crippen LogP contribution in [0.5, 0.6) is 11.5 Å². The minimum Gasteiger partial charge on any atom is -0.504 e. The Morgan fingerprint density at radius 1 is 1.39 bits per heavy atom. The van der Waals surface area contributed by atoms with Gasteiger partial charge in [-0.3, -0.25) is 5.10 Å². The van der Waals surface area contributed by atoms with E-state index in [0.29, 0.717) is 11.8 Å². The average Bonchev–Trinajstić information content (AvgIpc) is 3.16. The summed E-state index contributed by atoms with van der Waals surface area (Å²) >= 11 is 0. The monoisotopic (exact) mass is 315 g/mol. The number of phenolic OH excluding ortho intramolecular Hbond substituents is 1. The molecule has 23 heavy (non-hydrogen) atoms. The molecule has 5 heteroatoms. The highest BCUT2D eigenvalue weighted by atomic mass is 16.5. The topological polar surface area (TPSA) is 70.2 Å². The van der Waals surface area contributed by atoms with Crippen molar-refractivity contribution in [3.05, 3.63) is 40.7 Å². The van der Waals surface area contributed by atoms with Gasteiger partial charge in [-0.25, -0.2) is 0 Å². The first-order valence-corrected chi connectivity index (χ1v) is 8.31. The summed E-state index contributed by atoms with van der Waals surface area (Å²) < 4.78 is 5.15. The number of methoxy groups -OCH3 is 1. The molecule has 1 aliphatic carbocycles. The van der Waals surface area contributed by atoms with Crippen LogP contribution < -0.4 is 10.1 Å². The van der Waals surface area contributed by atoms with E-state index < -0.39 is 0 Å². The molecule has 0 saturated heterocycles. The van der Waals surface area contributed by atoms with E-state index in [-0.39, 0.29) is 5.75 Å². The summed E-state index contributed by atoms with van der Waals surface area (Å²) in [5.74, 6) is 0.727. The molecule has 1 atom stereocenters. The minimum atomic E-state index is 0.190. The van der Waals surface area contributed by atoms with Crippen molar-refractivity contribution in [2.45, 2.75) is 51.6 Å². The van der Waals surface area contributed by atoms with Crippen LogP contribution in [0.2, 0.25) is 0 Å². The Balaban J connectivity index is 1.48. The number of phenols is 1. The number of hydrogen-bond donors (Lipinski definition) is 3. The molecule has 5 nitrogen and oxygen atoms in total. The zero-order valence-corrected chi connectivity index (χ0v) is 13.9. The van der Waals surface area contributed by atoms with Gasteiger partial charge in [0.2, 0.25) is 0 Å². The van der Waals surface area contributed by atoms with Crippen LogP contribution in [-0.2, 0) is 25.8 Å². The molecule has 0 spiro atoms. The molecule has 1 heterocycles. The van der Waals surface area contributed by atoms with Gasteiger partial charge >= 0.3 is 0 Å². The Morgan fingerprint density at radius 3 is 3.09 bits per heavy atom. The van der Waals surface area contributed by atoms with Crippen LogP contribution >= 0.6 is 0 Å². The van der Waals surface area contributed by atoms with E-state index in [9.17, 15) is 5.11 Å². The molecule has 0 radical (unpaired) electrons. The van der Waals surface area contributed by atoms with Crippen LogP contribution in [0.15, 0.2) is 18.2 Å². The SMILES string of the molecule is COc1cc(CCC(C)NCc2n[nH]c3c2CCC3)ccc1O. The first kappa shape index (κ1) is 15.9. The van der Waals surface area contributed by atoms with E-state index >= 15 is 0 Å². The van der Waals surface area contributed by atoms with Gasteiger partial charge in [0.05, 0.1) is 12.8 Å². The van der Waals surface area contributed by atoms with E-state index in [1.54, 1.807) is 13.2 Å². The quantitative estimate of drug-likeness (QED) is 0.735. The average molecular weight is 315 g/mol. The standard InChI is InChI=1S/C18H25N3O2/c1-12(6-7-13-8-9-17(22)18(10-13)23-2)19-11-16-14-4-3-5-15(14)20-21-16/h8-10,12,19,22H,3-7,11H2,1-2H3,(H,20,21). The van der Waals surface area contributed by atoms with Crippen LogP contribution in [0.4, 0.5) is 0 Å². The van der Waals surface area contributed by atoms with Crippen LogP contribution in [-0.4, -0.2) is 28.5 Å². The molecule has 0 fully saturated rings. The smallest absolute Gasteiger partial charge is 0.160 e. The number of hydrogen-bond acceptors (Lipinski definition) is 4. The molecule has 0 saturated carbocycles. The zero-order chi connectivity index (χ0) is 16.2. The summed E-state index contributed by atoms with van der Waals surface area (Å²) in [7, 11) is 1.57. The lowest BCUT2D eigenvalue weighted by Crippen LogP contribution is -2.26. The number of aromatic nitrogens is 2. The van der Waals surface area contributed by atoms with Crippen molar-refractivity contribution in [3.63, 3.8) is 0 Å². The van der Waals surface area contributed by atoms with Crippen molar-refractivity contribution in [2.75, 3.05) is 7.11 Å². The second kappa shape index (κ2) is 7.04. The summed E-state index contributed by atoms with van der Waals surface area (Å²) in [6.07, 6.45) is 5.52. The maximum atomic E-state index is 9.63. The number of aryl methyl sites for hydroxylation is 2. The summed E-state index contributed by atoms with van der Waals surface area (Å²) in [4.78, 5) is 0. The predicted molar refractivity (Wildman–Crippen MR) is 89.9 cm³/mol. The fraction of sp³-hybridized carbons (Fsp3) is 0.500. The van der Waals surface area contributed by atoms with E-state index in [1.807, 2.05) is 12.1 Å². The molecule has 1 aromatic carbocycles. The highest BCUT2D eigenvalue weighted by Gasteiger charge is 2.18. The molecule has 1 aliphatic rings. The van der Waals surface area contributed by atoms with Crippen LogP contribution in [0, 0.1) is 0 Å². The normalized spacial score (nSPS) is 14.7. The Labute approximate surface area is 137 Å². The maximum Gasteiger partial charge on any atom is 0.160 e. The van der Waals surface area contributed by atoms with Gasteiger partial charge in [-0.05, 0) is 62.3 Å². The maximum absolute atomic E-state index is 9.63. The van der Waals surface area contributed by atoms with Gasteiger partial charge in [-0.2, -0.15) is 5.10 Å². The molecule has 124 valence electrons. The molecule has 3 N–H and O–H groups in total. The molecular weight excluding hydrogens is 290 g/mol. The van der Waals surface area contributed by atoms with E-state index in [2.05, 4.69) is 22.4 Å². The van der Waals surface area contributed by atoms with Crippen molar-refractivity contribution < 1.29 is 9.84 Å². The number of H-pyrrole nitrogens is 1. The van der Waals surface area contributed by atoms with Crippen molar-refractivity contribution in [2.24, 2.45) is 0 Å². The fourth-order valence-corrected chi connectivity index (χ4v) is 3.17. The van der Waals surface area contributed by atoms with Gasteiger partial charge in [0.1, 0.15) is 0 Å². The van der Waals surface area contributed by atoms with E-state index in [4.69, 9.17) is 4.74 Å². The van der Waals surface area contributed by atoms with E-state index in [1.165, 1.54) is 28.9 Å². The van der Waals surface area contributed by atoms with Gasteiger partial charge in [-0.1, -0.05) is 6.07 Å². The van der Waals surface area contributed by atoms with Gasteiger partial charge < -0.3 is 15.2 Å². The Kier molecular flexibility index (Phi) is 4.86.